The molecule has 0 unspecified atom stereocenters. The number of ether oxygens (including phenoxy) is 1. The zero-order valence-electron chi connectivity index (χ0n) is 29.4. The Balaban J connectivity index is 1.17. The summed E-state index contributed by atoms with van der Waals surface area (Å²) >= 11 is 0. The minimum Gasteiger partial charge on any atom is -0.481 e. The highest BCUT2D eigenvalue weighted by atomic mass is 19.4. The summed E-state index contributed by atoms with van der Waals surface area (Å²) in [6, 6.07) is 7.50. The number of likely N-dealkylation sites (tertiary alicyclic amines) is 1. The molecule has 2 aromatic heterocycles. The molecule has 1 spiro atoms. The van der Waals surface area contributed by atoms with Gasteiger partial charge in [-0.05, 0) is 80.3 Å². The van der Waals surface area contributed by atoms with Gasteiger partial charge in [0.2, 0.25) is 11.9 Å². The van der Waals surface area contributed by atoms with Crippen LogP contribution in [0.25, 0.3) is 39.0 Å². The number of H-pyrrole nitrogens is 1. The van der Waals surface area contributed by atoms with E-state index in [2.05, 4.69) is 38.1 Å². The first-order valence-corrected chi connectivity index (χ1v) is 18.4. The highest BCUT2D eigenvalue weighted by Gasteiger charge is 2.48. The summed E-state index contributed by atoms with van der Waals surface area (Å²) in [7, 11) is 0. The van der Waals surface area contributed by atoms with E-state index < -0.39 is 12.8 Å². The molecule has 0 aliphatic carbocycles. The van der Waals surface area contributed by atoms with Crippen LogP contribution in [0.3, 0.4) is 0 Å². The quantitative estimate of drug-likeness (QED) is 0.207. The molecule has 5 saturated heterocycles. The van der Waals surface area contributed by atoms with E-state index in [1.807, 2.05) is 30.0 Å². The second-order valence-corrected chi connectivity index (χ2v) is 15.5. The number of amides is 1. The van der Waals surface area contributed by atoms with E-state index in [0.717, 1.165) is 48.0 Å². The third kappa shape index (κ3) is 5.41. The van der Waals surface area contributed by atoms with Crippen LogP contribution in [0.1, 0.15) is 49.7 Å². The Morgan fingerprint density at radius 3 is 2.37 bits per heavy atom. The van der Waals surface area contributed by atoms with Crippen LogP contribution in [-0.2, 0) is 4.79 Å². The molecule has 5 aliphatic rings. The lowest BCUT2D eigenvalue weighted by Gasteiger charge is -2.54. The summed E-state index contributed by atoms with van der Waals surface area (Å²) in [4.78, 5) is 31.5. The molecule has 0 saturated carbocycles. The first-order valence-electron chi connectivity index (χ1n) is 18.4. The average Bonchev–Trinajstić information content (AvgIpc) is 3.85. The maximum Gasteiger partial charge on any atom is 0.422 e. The van der Waals surface area contributed by atoms with Gasteiger partial charge in [0.15, 0.2) is 12.4 Å². The van der Waals surface area contributed by atoms with Crippen molar-refractivity contribution in [1.82, 2.24) is 30.0 Å². The molecule has 13 heteroatoms. The van der Waals surface area contributed by atoms with Gasteiger partial charge in [-0.1, -0.05) is 25.3 Å². The van der Waals surface area contributed by atoms with Gasteiger partial charge >= 0.3 is 6.18 Å². The van der Waals surface area contributed by atoms with Crippen molar-refractivity contribution in [3.8, 4) is 16.9 Å². The van der Waals surface area contributed by atoms with E-state index in [9.17, 15) is 18.0 Å². The number of carbonyl (C=O) groups excluding carboxylic acids is 1. The number of aryl methyl sites for hydroxylation is 1. The number of anilines is 2. The van der Waals surface area contributed by atoms with Gasteiger partial charge in [0.25, 0.3) is 0 Å². The molecule has 10 nitrogen and oxygen atoms in total. The third-order valence-electron chi connectivity index (χ3n) is 12.4. The van der Waals surface area contributed by atoms with E-state index in [0.29, 0.717) is 78.1 Å². The largest absolute Gasteiger partial charge is 0.481 e. The van der Waals surface area contributed by atoms with Crippen LogP contribution in [0.2, 0.25) is 0 Å². The topological polar surface area (TPSA) is 93.7 Å². The van der Waals surface area contributed by atoms with Crippen LogP contribution in [-0.4, -0.2) is 106 Å². The zero-order chi connectivity index (χ0) is 35.9. The first kappa shape index (κ1) is 33.2. The summed E-state index contributed by atoms with van der Waals surface area (Å²) in [5, 5.41) is 8.64. The fourth-order valence-corrected chi connectivity index (χ4v) is 9.70. The number of hydrogen-bond donors (Lipinski definition) is 1. The van der Waals surface area contributed by atoms with Crippen LogP contribution in [0.5, 0.6) is 5.75 Å². The highest BCUT2D eigenvalue weighted by Crippen LogP contribution is 2.48. The second-order valence-electron chi connectivity index (χ2n) is 15.5. The Bertz CT molecular complexity index is 2070. The molecule has 2 aromatic carbocycles. The molecule has 7 heterocycles. The van der Waals surface area contributed by atoms with Crippen molar-refractivity contribution in [2.24, 2.45) is 5.41 Å². The summed E-state index contributed by atoms with van der Waals surface area (Å²) in [5.41, 5.74) is 3.86. The van der Waals surface area contributed by atoms with E-state index in [4.69, 9.17) is 14.7 Å². The molecule has 0 atom stereocenters. The number of aromatic amines is 1. The maximum absolute atomic E-state index is 14.0. The van der Waals surface area contributed by atoms with Gasteiger partial charge in [-0.3, -0.25) is 14.8 Å². The second kappa shape index (κ2) is 12.2. The smallest absolute Gasteiger partial charge is 0.422 e. The lowest BCUT2D eigenvalue weighted by molar-refractivity contribution is -0.153. The van der Waals surface area contributed by atoms with Gasteiger partial charge < -0.3 is 19.4 Å². The minimum absolute atomic E-state index is 0.0435. The van der Waals surface area contributed by atoms with Crippen molar-refractivity contribution in [2.45, 2.75) is 69.8 Å². The molecule has 9 rings (SSSR count). The normalized spacial score (nSPS) is 23.0. The molecule has 1 N–H and O–H groups in total. The van der Waals surface area contributed by atoms with Crippen molar-refractivity contribution in [3.05, 3.63) is 54.8 Å². The number of aromatic nitrogens is 4. The lowest BCUT2D eigenvalue weighted by Crippen LogP contribution is -2.62. The average molecular weight is 713 g/mol. The molecule has 4 aromatic rings. The summed E-state index contributed by atoms with van der Waals surface area (Å²) in [6.45, 7) is 12.5. The Morgan fingerprint density at radius 2 is 1.71 bits per heavy atom. The Hall–Kier alpha value is -4.65. The number of rotatable bonds is 8. The number of piperidine rings is 1. The molecule has 52 heavy (non-hydrogen) atoms. The number of nitrogens with one attached hydrogen (secondary N) is 1. The van der Waals surface area contributed by atoms with Crippen LogP contribution < -0.4 is 14.5 Å². The number of benzene rings is 2. The summed E-state index contributed by atoms with van der Waals surface area (Å²) in [6.07, 6.45) is 6.90. The van der Waals surface area contributed by atoms with Crippen molar-refractivity contribution in [1.29, 1.82) is 0 Å². The van der Waals surface area contributed by atoms with Gasteiger partial charge in [-0.15, -0.1) is 0 Å². The molecular formula is C39H43F3N8O2. The predicted molar refractivity (Wildman–Crippen MR) is 196 cm³/mol. The standard InChI is InChI=1S/C39H43F3N8O2/c1-4-24-16-28-34(35(52-22-39(40,41)42)33(24)32-23(3)6-11-30-29(32)17-43-46-30)44-37(48-18-27(19-48)50-25-7-8-26(50)10-9-25)45-36(28)47-14-12-38(13-15-47)20-49(21-38)31(51)5-2/h4-6,11,16-17,25-27H,1-2,7-10,12-15,18-22H2,3H3,(H,43,46). The molecule has 0 radical (unpaired) electrons. The Morgan fingerprint density at radius 1 is 1.00 bits per heavy atom. The van der Waals surface area contributed by atoms with Gasteiger partial charge in [-0.25, -0.2) is 4.98 Å². The Labute approximate surface area is 300 Å². The number of fused-ring (bicyclic) bond motifs is 4. The maximum atomic E-state index is 14.0. The number of alkyl halides is 3. The van der Waals surface area contributed by atoms with E-state index in [-0.39, 0.29) is 17.1 Å². The molecule has 272 valence electrons. The number of carbonyl (C=O) groups is 1. The molecule has 5 fully saturated rings. The van der Waals surface area contributed by atoms with Gasteiger partial charge in [-0.2, -0.15) is 23.3 Å². The third-order valence-corrected chi connectivity index (χ3v) is 12.4. The fraction of sp³-hybridized carbons (Fsp3) is 0.487. The fourth-order valence-electron chi connectivity index (χ4n) is 9.70. The van der Waals surface area contributed by atoms with Crippen molar-refractivity contribution >= 4 is 45.6 Å². The number of nitrogens with zero attached hydrogens (tertiary/aromatic N) is 7. The number of halogens is 3. The van der Waals surface area contributed by atoms with Gasteiger partial charge in [0.05, 0.1) is 11.7 Å². The van der Waals surface area contributed by atoms with Crippen molar-refractivity contribution < 1.29 is 22.7 Å². The minimum atomic E-state index is -4.58. The summed E-state index contributed by atoms with van der Waals surface area (Å²) in [5.74, 6) is 1.20. The van der Waals surface area contributed by atoms with E-state index in [1.165, 1.54) is 31.8 Å². The molecule has 5 aliphatic heterocycles. The SMILES string of the molecule is C=CC(=O)N1CC2(CCN(c3nc(N4CC(N5C6CCC5CC6)C4)nc4c(OCC(F)(F)F)c(-c5c(C)ccc6[nH]ncc56)c(C=C)cc34)CC2)C1. The Kier molecular flexibility index (Phi) is 7.80. The van der Waals surface area contributed by atoms with Crippen molar-refractivity contribution in [3.63, 3.8) is 0 Å². The first-order chi connectivity index (χ1) is 25.0. The zero-order valence-corrected chi connectivity index (χ0v) is 29.4. The molecular weight excluding hydrogens is 669 g/mol. The van der Waals surface area contributed by atoms with Crippen LogP contribution in [0.4, 0.5) is 24.9 Å². The lowest BCUT2D eigenvalue weighted by atomic mass is 9.72. The molecule has 1 amide bonds. The van der Waals surface area contributed by atoms with Crippen LogP contribution >= 0.6 is 0 Å². The summed E-state index contributed by atoms with van der Waals surface area (Å²) < 4.78 is 47.9. The highest BCUT2D eigenvalue weighted by molar-refractivity contribution is 6.07. The van der Waals surface area contributed by atoms with Crippen molar-refractivity contribution in [2.75, 3.05) is 55.7 Å². The van der Waals surface area contributed by atoms with Gasteiger partial charge in [0, 0.05) is 79.1 Å². The number of hydrogen-bond acceptors (Lipinski definition) is 8. The van der Waals surface area contributed by atoms with Crippen LogP contribution in [0.15, 0.2) is 43.6 Å². The van der Waals surface area contributed by atoms with Crippen LogP contribution in [0, 0.1) is 12.3 Å². The van der Waals surface area contributed by atoms with Gasteiger partial charge in [0.1, 0.15) is 11.3 Å². The van der Waals surface area contributed by atoms with E-state index >= 15 is 0 Å². The van der Waals surface area contributed by atoms with E-state index in [1.54, 1.807) is 12.3 Å². The predicted octanol–water partition coefficient (Wildman–Crippen LogP) is 6.50. The monoisotopic (exact) mass is 712 g/mol. The molecule has 2 bridgehead atoms.